The minimum atomic E-state index is -1.35. The van der Waals surface area contributed by atoms with E-state index in [0.717, 1.165) is 13.2 Å². The van der Waals surface area contributed by atoms with Gasteiger partial charge >= 0.3 is 0 Å². The Bertz CT molecular complexity index is 123. The first-order chi connectivity index (χ1) is 5.58. The maximum Gasteiger partial charge on any atom is 0.184 e. The highest BCUT2D eigenvalue weighted by molar-refractivity contribution is 6.69. The number of hydrogen-bond donors (Lipinski definition) is 0. The van der Waals surface area contributed by atoms with Crippen molar-refractivity contribution in [1.82, 2.24) is 0 Å². The van der Waals surface area contributed by atoms with Crippen LogP contribution in [0.2, 0.25) is 19.6 Å². The first-order valence-corrected chi connectivity index (χ1v) is 8.24. The maximum atomic E-state index is 5.97. The van der Waals surface area contributed by atoms with Crippen LogP contribution in [-0.4, -0.2) is 27.6 Å². The molecule has 1 unspecified atom stereocenters. The van der Waals surface area contributed by atoms with E-state index in [1.54, 1.807) is 0 Å². The zero-order valence-electron chi connectivity index (χ0n) is 8.43. The molecule has 0 saturated carbocycles. The maximum absolute atomic E-state index is 5.97. The van der Waals surface area contributed by atoms with Crippen LogP contribution < -0.4 is 0 Å². The molecule has 1 aliphatic rings. The number of rotatable bonds is 2. The van der Waals surface area contributed by atoms with Crippen LogP contribution in [0, 0.1) is 0 Å². The Kier molecular flexibility index (Phi) is 3.74. The van der Waals surface area contributed by atoms with Crippen LogP contribution in [0.15, 0.2) is 0 Å². The number of hydrogen-bond acceptors (Lipinski definition) is 2. The van der Waals surface area contributed by atoms with Gasteiger partial charge in [0, 0.05) is 6.61 Å². The largest absolute Gasteiger partial charge is 0.412 e. The molecule has 1 aliphatic heterocycles. The van der Waals surface area contributed by atoms with Crippen molar-refractivity contribution in [1.29, 1.82) is 0 Å². The molecule has 2 nitrogen and oxygen atoms in total. The van der Waals surface area contributed by atoms with Crippen LogP contribution in [-0.2, 0) is 9.16 Å². The van der Waals surface area contributed by atoms with E-state index in [0.29, 0.717) is 6.10 Å². The lowest BCUT2D eigenvalue weighted by molar-refractivity contribution is 0.0611. The van der Waals surface area contributed by atoms with E-state index in [4.69, 9.17) is 9.16 Å². The van der Waals surface area contributed by atoms with Crippen molar-refractivity contribution >= 4 is 8.32 Å². The van der Waals surface area contributed by atoms with Gasteiger partial charge in [-0.2, -0.15) is 0 Å². The van der Waals surface area contributed by atoms with Crippen LogP contribution in [0.3, 0.4) is 0 Å². The van der Waals surface area contributed by atoms with E-state index >= 15 is 0 Å². The molecule has 1 rings (SSSR count). The van der Waals surface area contributed by atoms with Gasteiger partial charge in [0.15, 0.2) is 8.32 Å². The fraction of sp³-hybridized carbons (Fsp3) is 1.00. The van der Waals surface area contributed by atoms with Gasteiger partial charge in [0.05, 0.1) is 12.7 Å². The van der Waals surface area contributed by atoms with Gasteiger partial charge in [-0.25, -0.2) is 0 Å². The highest BCUT2D eigenvalue weighted by Crippen LogP contribution is 2.15. The van der Waals surface area contributed by atoms with Gasteiger partial charge in [-0.1, -0.05) is 0 Å². The first-order valence-electron chi connectivity index (χ1n) is 4.83. The van der Waals surface area contributed by atoms with Crippen molar-refractivity contribution in [3.63, 3.8) is 0 Å². The second-order valence-electron chi connectivity index (χ2n) is 4.42. The summed E-state index contributed by atoms with van der Waals surface area (Å²) in [6, 6.07) is 0. The van der Waals surface area contributed by atoms with Crippen molar-refractivity contribution in [2.24, 2.45) is 0 Å². The van der Waals surface area contributed by atoms with Crippen molar-refractivity contribution in [2.45, 2.75) is 45.0 Å². The molecule has 0 bridgehead atoms. The molecule has 12 heavy (non-hydrogen) atoms. The molecule has 1 saturated heterocycles. The van der Waals surface area contributed by atoms with Gasteiger partial charge < -0.3 is 9.16 Å². The standard InChI is InChI=1S/C9H20O2Si/c1-12(2,3)11-9-6-4-5-7-10-8-9/h9H,4-8H2,1-3H3. The summed E-state index contributed by atoms with van der Waals surface area (Å²) in [7, 11) is -1.35. The minimum absolute atomic E-state index is 0.374. The van der Waals surface area contributed by atoms with Gasteiger partial charge in [-0.15, -0.1) is 0 Å². The fourth-order valence-corrected chi connectivity index (χ4v) is 2.65. The van der Waals surface area contributed by atoms with Crippen molar-refractivity contribution in [3.8, 4) is 0 Å². The molecule has 0 amide bonds. The van der Waals surface area contributed by atoms with Crippen LogP contribution in [0.25, 0.3) is 0 Å². The van der Waals surface area contributed by atoms with Crippen molar-refractivity contribution in [3.05, 3.63) is 0 Å². The average molecular weight is 188 g/mol. The Balaban J connectivity index is 2.30. The van der Waals surface area contributed by atoms with Crippen LogP contribution >= 0.6 is 0 Å². The molecule has 0 aromatic heterocycles. The molecule has 0 aromatic carbocycles. The third-order valence-electron chi connectivity index (χ3n) is 1.89. The summed E-state index contributed by atoms with van der Waals surface area (Å²) in [5, 5.41) is 0. The molecular formula is C9H20O2Si. The summed E-state index contributed by atoms with van der Waals surface area (Å²) < 4.78 is 11.4. The first kappa shape index (κ1) is 10.2. The number of ether oxygens (including phenoxy) is 1. The van der Waals surface area contributed by atoms with Gasteiger partial charge in [-0.05, 0) is 38.9 Å². The predicted molar refractivity (Wildman–Crippen MR) is 52.9 cm³/mol. The van der Waals surface area contributed by atoms with E-state index in [-0.39, 0.29) is 0 Å². The molecule has 1 fully saturated rings. The molecular weight excluding hydrogens is 168 g/mol. The zero-order chi connectivity index (χ0) is 9.03. The normalized spacial score (nSPS) is 26.8. The molecule has 1 atom stereocenters. The Morgan fingerprint density at radius 1 is 1.25 bits per heavy atom. The highest BCUT2D eigenvalue weighted by Gasteiger charge is 2.21. The Morgan fingerprint density at radius 2 is 2.00 bits per heavy atom. The summed E-state index contributed by atoms with van der Waals surface area (Å²) in [5.41, 5.74) is 0. The molecule has 1 heterocycles. The summed E-state index contributed by atoms with van der Waals surface area (Å²) in [6.07, 6.45) is 4.02. The molecule has 72 valence electrons. The topological polar surface area (TPSA) is 18.5 Å². The lowest BCUT2D eigenvalue weighted by Gasteiger charge is -2.24. The van der Waals surface area contributed by atoms with Crippen molar-refractivity contribution < 1.29 is 9.16 Å². The van der Waals surface area contributed by atoms with Gasteiger partial charge in [0.25, 0.3) is 0 Å². The summed E-state index contributed by atoms with van der Waals surface area (Å²) in [4.78, 5) is 0. The Labute approximate surface area is 76.4 Å². The Hall–Kier alpha value is 0.137. The lowest BCUT2D eigenvalue weighted by atomic mass is 10.2. The third-order valence-corrected chi connectivity index (χ3v) is 2.93. The van der Waals surface area contributed by atoms with Crippen LogP contribution in [0.5, 0.6) is 0 Å². The van der Waals surface area contributed by atoms with Crippen LogP contribution in [0.4, 0.5) is 0 Å². The summed E-state index contributed by atoms with van der Waals surface area (Å²) >= 11 is 0. The molecule has 3 heteroatoms. The van der Waals surface area contributed by atoms with E-state index in [9.17, 15) is 0 Å². The highest BCUT2D eigenvalue weighted by atomic mass is 28.4. The molecule has 0 aliphatic carbocycles. The molecule has 0 spiro atoms. The lowest BCUT2D eigenvalue weighted by Crippen LogP contribution is -2.33. The quantitative estimate of drug-likeness (QED) is 0.620. The third kappa shape index (κ3) is 4.23. The predicted octanol–water partition coefficient (Wildman–Crippen LogP) is 2.41. The molecule has 0 radical (unpaired) electrons. The van der Waals surface area contributed by atoms with E-state index in [2.05, 4.69) is 19.6 Å². The monoisotopic (exact) mass is 188 g/mol. The van der Waals surface area contributed by atoms with E-state index in [1.165, 1.54) is 19.3 Å². The smallest absolute Gasteiger partial charge is 0.184 e. The molecule has 0 aromatic rings. The van der Waals surface area contributed by atoms with E-state index in [1.807, 2.05) is 0 Å². The summed E-state index contributed by atoms with van der Waals surface area (Å²) in [6.45, 7) is 8.43. The second kappa shape index (κ2) is 4.39. The van der Waals surface area contributed by atoms with Gasteiger partial charge in [0.2, 0.25) is 0 Å². The van der Waals surface area contributed by atoms with Gasteiger partial charge in [-0.3, -0.25) is 0 Å². The second-order valence-corrected chi connectivity index (χ2v) is 8.88. The van der Waals surface area contributed by atoms with E-state index < -0.39 is 8.32 Å². The average Bonchev–Trinajstić information content (AvgIpc) is 2.12. The van der Waals surface area contributed by atoms with Crippen molar-refractivity contribution in [2.75, 3.05) is 13.2 Å². The van der Waals surface area contributed by atoms with Crippen LogP contribution in [0.1, 0.15) is 19.3 Å². The fourth-order valence-electron chi connectivity index (χ4n) is 1.47. The zero-order valence-corrected chi connectivity index (χ0v) is 9.43. The SMILES string of the molecule is C[Si](C)(C)OC1CCCCOC1. The van der Waals surface area contributed by atoms with Gasteiger partial charge in [0.1, 0.15) is 0 Å². The Morgan fingerprint density at radius 3 is 2.67 bits per heavy atom. The summed E-state index contributed by atoms with van der Waals surface area (Å²) in [5.74, 6) is 0. The minimum Gasteiger partial charge on any atom is -0.412 e. The molecule has 0 N–H and O–H groups in total.